The second-order valence-electron chi connectivity index (χ2n) is 6.70. The Morgan fingerprint density at radius 1 is 1.04 bits per heavy atom. The minimum atomic E-state index is 0.334. The molecule has 1 aliphatic carbocycles. The fourth-order valence-corrected chi connectivity index (χ4v) is 3.31. The highest BCUT2D eigenvalue weighted by atomic mass is 16.5. The van der Waals surface area contributed by atoms with Crippen molar-refractivity contribution in [3.8, 4) is 17.1 Å². The van der Waals surface area contributed by atoms with E-state index in [1.165, 1.54) is 12.8 Å². The molecular formula is C20H22N4O2. The van der Waals surface area contributed by atoms with Crippen LogP contribution in [0.15, 0.2) is 47.0 Å². The van der Waals surface area contributed by atoms with E-state index in [0.29, 0.717) is 35.5 Å². The van der Waals surface area contributed by atoms with Gasteiger partial charge in [-0.3, -0.25) is 0 Å². The summed E-state index contributed by atoms with van der Waals surface area (Å²) in [6, 6.07) is 13.5. The predicted molar refractivity (Wildman–Crippen MR) is 101 cm³/mol. The average Bonchev–Trinajstić information content (AvgIpc) is 3.29. The molecular weight excluding hydrogens is 328 g/mol. The first-order valence-electron chi connectivity index (χ1n) is 8.91. The van der Waals surface area contributed by atoms with E-state index in [4.69, 9.17) is 20.7 Å². The van der Waals surface area contributed by atoms with Crippen LogP contribution in [0.2, 0.25) is 0 Å². The zero-order chi connectivity index (χ0) is 17.9. The molecule has 0 saturated heterocycles. The molecule has 0 amide bonds. The molecule has 0 radical (unpaired) electrons. The second-order valence-corrected chi connectivity index (χ2v) is 6.70. The van der Waals surface area contributed by atoms with Gasteiger partial charge in [0.15, 0.2) is 5.76 Å². The van der Waals surface area contributed by atoms with Gasteiger partial charge in [0.25, 0.3) is 0 Å². The Morgan fingerprint density at radius 3 is 2.54 bits per heavy atom. The van der Waals surface area contributed by atoms with Gasteiger partial charge in [0.2, 0.25) is 0 Å². The highest BCUT2D eigenvalue weighted by molar-refractivity contribution is 5.71. The van der Waals surface area contributed by atoms with E-state index in [9.17, 15) is 0 Å². The van der Waals surface area contributed by atoms with Gasteiger partial charge in [-0.25, -0.2) is 4.98 Å². The Morgan fingerprint density at radius 2 is 1.81 bits per heavy atom. The number of nitrogens with two attached hydrogens (primary N) is 2. The quantitative estimate of drug-likeness (QED) is 0.725. The third-order valence-corrected chi connectivity index (χ3v) is 4.68. The van der Waals surface area contributed by atoms with Crippen molar-refractivity contribution in [3.05, 3.63) is 53.7 Å². The van der Waals surface area contributed by atoms with Crippen molar-refractivity contribution in [3.63, 3.8) is 0 Å². The average molecular weight is 350 g/mol. The summed E-state index contributed by atoms with van der Waals surface area (Å²) in [4.78, 5) is 4.05. The third kappa shape index (κ3) is 3.64. The minimum Gasteiger partial charge on any atom is -0.490 e. The molecule has 1 aliphatic rings. The molecule has 0 bridgehead atoms. The molecule has 3 aromatic rings. The molecule has 0 spiro atoms. The van der Waals surface area contributed by atoms with E-state index in [-0.39, 0.29) is 0 Å². The van der Waals surface area contributed by atoms with E-state index in [1.807, 2.05) is 18.2 Å². The lowest BCUT2D eigenvalue weighted by molar-refractivity contribution is 0.210. The number of anilines is 2. The lowest BCUT2D eigenvalue weighted by Gasteiger charge is -2.13. The van der Waals surface area contributed by atoms with Crippen molar-refractivity contribution in [2.24, 2.45) is 0 Å². The maximum Gasteiger partial charge on any atom is 0.170 e. The van der Waals surface area contributed by atoms with Gasteiger partial charge < -0.3 is 20.7 Å². The van der Waals surface area contributed by atoms with Crippen LogP contribution in [0.3, 0.4) is 0 Å². The zero-order valence-corrected chi connectivity index (χ0v) is 14.5. The van der Waals surface area contributed by atoms with Crippen LogP contribution in [0, 0.1) is 0 Å². The van der Waals surface area contributed by atoms with Crippen molar-refractivity contribution in [1.82, 2.24) is 10.1 Å². The Balaban J connectivity index is 1.43. The van der Waals surface area contributed by atoms with Crippen LogP contribution < -0.4 is 16.2 Å². The van der Waals surface area contributed by atoms with Crippen LogP contribution in [0.1, 0.15) is 36.9 Å². The van der Waals surface area contributed by atoms with Gasteiger partial charge >= 0.3 is 0 Å². The summed E-state index contributed by atoms with van der Waals surface area (Å²) in [7, 11) is 0. The van der Waals surface area contributed by atoms with Crippen molar-refractivity contribution in [1.29, 1.82) is 0 Å². The highest BCUT2D eigenvalue weighted by Crippen LogP contribution is 2.27. The molecule has 6 nitrogen and oxygen atoms in total. The fourth-order valence-electron chi connectivity index (χ4n) is 3.31. The standard InChI is InChI=1S/C20H22N4O2/c21-19-10-9-17(20(22)23-19)18-12-14(24-26-18)11-13-5-7-16(8-6-13)25-15-3-1-2-4-15/h5-10,12,15H,1-4,11H2,(H4,21,22,23). The van der Waals surface area contributed by atoms with Crippen LogP contribution in [0.25, 0.3) is 11.3 Å². The van der Waals surface area contributed by atoms with Gasteiger partial charge in [0.05, 0.1) is 17.4 Å². The number of benzene rings is 1. The van der Waals surface area contributed by atoms with Gasteiger partial charge in [-0.05, 0) is 55.5 Å². The molecule has 1 aromatic carbocycles. The van der Waals surface area contributed by atoms with Crippen LogP contribution in [0.5, 0.6) is 5.75 Å². The van der Waals surface area contributed by atoms with Gasteiger partial charge in [-0.2, -0.15) is 0 Å². The summed E-state index contributed by atoms with van der Waals surface area (Å²) in [5, 5.41) is 4.14. The predicted octanol–water partition coefficient (Wildman–Crippen LogP) is 3.81. The van der Waals surface area contributed by atoms with Gasteiger partial charge in [-0.1, -0.05) is 17.3 Å². The minimum absolute atomic E-state index is 0.334. The van der Waals surface area contributed by atoms with Gasteiger partial charge in [0.1, 0.15) is 17.4 Å². The molecule has 0 aliphatic heterocycles. The number of rotatable bonds is 5. The van der Waals surface area contributed by atoms with Crippen molar-refractivity contribution in [2.45, 2.75) is 38.2 Å². The Labute approximate surface area is 152 Å². The Hall–Kier alpha value is -3.02. The van der Waals surface area contributed by atoms with Crippen LogP contribution in [-0.2, 0) is 6.42 Å². The molecule has 134 valence electrons. The first kappa shape index (κ1) is 16.4. The zero-order valence-electron chi connectivity index (χ0n) is 14.5. The van der Waals surface area contributed by atoms with Crippen LogP contribution in [0.4, 0.5) is 11.6 Å². The summed E-state index contributed by atoms with van der Waals surface area (Å²) in [5.41, 5.74) is 14.2. The summed E-state index contributed by atoms with van der Waals surface area (Å²) < 4.78 is 11.4. The number of nitrogens with zero attached hydrogens (tertiary/aromatic N) is 2. The monoisotopic (exact) mass is 350 g/mol. The maximum absolute atomic E-state index is 6.00. The second kappa shape index (κ2) is 7.07. The lowest BCUT2D eigenvalue weighted by atomic mass is 10.1. The number of pyridine rings is 1. The molecule has 1 saturated carbocycles. The smallest absolute Gasteiger partial charge is 0.170 e. The number of nitrogen functional groups attached to an aromatic ring is 2. The molecule has 6 heteroatoms. The summed E-state index contributed by atoms with van der Waals surface area (Å²) in [6.07, 6.45) is 5.91. The number of hydrogen-bond acceptors (Lipinski definition) is 6. The highest BCUT2D eigenvalue weighted by Gasteiger charge is 2.16. The molecule has 2 aromatic heterocycles. The maximum atomic E-state index is 6.00. The topological polar surface area (TPSA) is 100 Å². The summed E-state index contributed by atoms with van der Waals surface area (Å²) >= 11 is 0. The first-order valence-corrected chi connectivity index (χ1v) is 8.91. The van der Waals surface area contributed by atoms with E-state index in [2.05, 4.69) is 22.3 Å². The Kier molecular flexibility index (Phi) is 4.48. The fraction of sp³-hybridized carbons (Fsp3) is 0.300. The molecule has 1 fully saturated rings. The normalized spacial score (nSPS) is 14.6. The Bertz CT molecular complexity index is 883. The summed E-state index contributed by atoms with van der Waals surface area (Å²) in [6.45, 7) is 0. The molecule has 26 heavy (non-hydrogen) atoms. The van der Waals surface area contributed by atoms with Crippen molar-refractivity contribution in [2.75, 3.05) is 11.5 Å². The van der Waals surface area contributed by atoms with E-state index >= 15 is 0 Å². The lowest BCUT2D eigenvalue weighted by Crippen LogP contribution is -2.10. The van der Waals surface area contributed by atoms with E-state index in [0.717, 1.165) is 29.8 Å². The largest absolute Gasteiger partial charge is 0.490 e. The molecule has 2 heterocycles. The van der Waals surface area contributed by atoms with Crippen LogP contribution in [-0.4, -0.2) is 16.2 Å². The number of aromatic nitrogens is 2. The number of hydrogen-bond donors (Lipinski definition) is 2. The first-order chi connectivity index (χ1) is 12.7. The van der Waals surface area contributed by atoms with Gasteiger partial charge in [-0.15, -0.1) is 0 Å². The third-order valence-electron chi connectivity index (χ3n) is 4.68. The SMILES string of the molecule is Nc1ccc(-c2cc(Cc3ccc(OC4CCCC4)cc3)no2)c(N)n1. The van der Waals surface area contributed by atoms with Crippen molar-refractivity contribution < 1.29 is 9.26 Å². The molecule has 0 atom stereocenters. The van der Waals surface area contributed by atoms with E-state index in [1.54, 1.807) is 12.1 Å². The van der Waals surface area contributed by atoms with Crippen molar-refractivity contribution >= 4 is 11.6 Å². The summed E-state index contributed by atoms with van der Waals surface area (Å²) in [5.74, 6) is 2.24. The van der Waals surface area contributed by atoms with E-state index < -0.39 is 0 Å². The van der Waals surface area contributed by atoms with Crippen LogP contribution >= 0.6 is 0 Å². The van der Waals surface area contributed by atoms with Gasteiger partial charge in [0, 0.05) is 12.5 Å². The molecule has 4 N–H and O–H groups in total. The molecule has 4 rings (SSSR count). The number of ether oxygens (including phenoxy) is 1. The molecule has 0 unspecified atom stereocenters.